The molecule has 0 saturated heterocycles. The molecule has 2 heterocycles. The molecule has 178 valence electrons. The minimum absolute atomic E-state index is 0.215. The van der Waals surface area contributed by atoms with Gasteiger partial charge in [0.1, 0.15) is 0 Å². The first-order valence-corrected chi connectivity index (χ1v) is 13.1. The highest BCUT2D eigenvalue weighted by atomic mass is 16.5. The van der Waals surface area contributed by atoms with Gasteiger partial charge in [0.15, 0.2) is 0 Å². The average molecular weight is 457 g/mol. The number of rotatable bonds is 3. The molecule has 2 aromatic rings. The van der Waals surface area contributed by atoms with E-state index in [4.69, 9.17) is 4.74 Å². The van der Waals surface area contributed by atoms with E-state index in [-0.39, 0.29) is 5.97 Å². The predicted molar refractivity (Wildman–Crippen MR) is 137 cm³/mol. The number of fused-ring (bicyclic) bond motifs is 6. The summed E-state index contributed by atoms with van der Waals surface area (Å²) >= 11 is 0. The molecule has 4 nitrogen and oxygen atoms in total. The van der Waals surface area contributed by atoms with E-state index in [1.807, 2.05) is 6.08 Å². The molecule has 0 bridgehead atoms. The summed E-state index contributed by atoms with van der Waals surface area (Å²) in [6, 6.07) is 9.97. The van der Waals surface area contributed by atoms with Gasteiger partial charge < -0.3 is 14.2 Å². The van der Waals surface area contributed by atoms with Crippen LogP contribution in [0, 0.1) is 0 Å². The van der Waals surface area contributed by atoms with Crippen LogP contribution in [0.25, 0.3) is 10.9 Å². The molecule has 2 unspecified atom stereocenters. The quantitative estimate of drug-likeness (QED) is 0.513. The van der Waals surface area contributed by atoms with E-state index in [0.717, 1.165) is 30.5 Å². The van der Waals surface area contributed by atoms with Crippen LogP contribution in [0.4, 0.5) is 0 Å². The second kappa shape index (κ2) is 8.57. The molecule has 0 spiro atoms. The summed E-state index contributed by atoms with van der Waals surface area (Å²) in [7, 11) is 5.92. The lowest BCUT2D eigenvalue weighted by Gasteiger charge is -2.35. The molecular formula is C30H36N2O2. The van der Waals surface area contributed by atoms with Gasteiger partial charge in [-0.25, -0.2) is 4.79 Å². The lowest BCUT2D eigenvalue weighted by atomic mass is 9.76. The molecule has 0 radical (unpaired) electrons. The van der Waals surface area contributed by atoms with Crippen LogP contribution in [-0.2, 0) is 16.1 Å². The molecule has 1 aliphatic heterocycles. The summed E-state index contributed by atoms with van der Waals surface area (Å²) in [4.78, 5) is 15.1. The summed E-state index contributed by atoms with van der Waals surface area (Å²) in [6.45, 7) is 0.752. The number of para-hydroxylation sites is 1. The molecule has 34 heavy (non-hydrogen) atoms. The number of allylic oxidation sites excluding steroid dienone is 4. The average Bonchev–Trinajstić information content (AvgIpc) is 3.42. The highest BCUT2D eigenvalue weighted by Gasteiger charge is 2.37. The van der Waals surface area contributed by atoms with Crippen molar-refractivity contribution in [3.05, 3.63) is 70.0 Å². The monoisotopic (exact) mass is 456 g/mol. The summed E-state index contributed by atoms with van der Waals surface area (Å²) in [5.41, 5.74) is 9.07. The fourth-order valence-electron chi connectivity index (χ4n) is 7.14. The second-order valence-electron chi connectivity index (χ2n) is 10.9. The fourth-order valence-corrected chi connectivity index (χ4v) is 7.14. The van der Waals surface area contributed by atoms with Gasteiger partial charge in [-0.2, -0.15) is 0 Å². The molecule has 4 aliphatic rings. The number of methoxy groups -OCH3 is 1. The molecule has 2 atom stereocenters. The van der Waals surface area contributed by atoms with Gasteiger partial charge in [-0.3, -0.25) is 0 Å². The van der Waals surface area contributed by atoms with Gasteiger partial charge in [0, 0.05) is 29.6 Å². The Morgan fingerprint density at radius 2 is 1.91 bits per heavy atom. The Hall–Kier alpha value is -2.59. The lowest BCUT2D eigenvalue weighted by molar-refractivity contribution is -0.135. The molecule has 0 amide bonds. The Morgan fingerprint density at radius 1 is 1.09 bits per heavy atom. The number of benzene rings is 1. The number of esters is 1. The van der Waals surface area contributed by atoms with Crippen molar-refractivity contribution in [1.82, 2.24) is 9.47 Å². The third kappa shape index (κ3) is 3.41. The van der Waals surface area contributed by atoms with Crippen LogP contribution in [0.15, 0.2) is 58.7 Å². The zero-order valence-electron chi connectivity index (χ0n) is 20.8. The first-order chi connectivity index (χ1) is 16.6. The number of aromatic nitrogens is 1. The minimum atomic E-state index is -0.215. The first kappa shape index (κ1) is 21.9. The smallest absolute Gasteiger partial charge is 0.338 e. The van der Waals surface area contributed by atoms with E-state index in [9.17, 15) is 4.79 Å². The molecule has 2 fully saturated rings. The maximum Gasteiger partial charge on any atom is 0.338 e. The summed E-state index contributed by atoms with van der Waals surface area (Å²) in [5.74, 6) is 0.818. The zero-order chi connectivity index (χ0) is 23.4. The first-order valence-electron chi connectivity index (χ1n) is 13.1. The van der Waals surface area contributed by atoms with Gasteiger partial charge in [-0.15, -0.1) is 0 Å². The molecule has 1 aromatic heterocycles. The van der Waals surface area contributed by atoms with Gasteiger partial charge >= 0.3 is 5.97 Å². The Balaban J connectivity index is 1.57. The van der Waals surface area contributed by atoms with E-state index < -0.39 is 0 Å². The topological polar surface area (TPSA) is 34.5 Å². The van der Waals surface area contributed by atoms with Crippen molar-refractivity contribution in [3.8, 4) is 0 Å². The molecule has 6 rings (SSSR count). The summed E-state index contributed by atoms with van der Waals surface area (Å²) in [5, 5.41) is 1.36. The van der Waals surface area contributed by atoms with Gasteiger partial charge in [-0.05, 0) is 81.0 Å². The number of nitrogens with zero attached hydrogens (tertiary/aromatic N) is 2. The third-order valence-electron chi connectivity index (χ3n) is 8.93. The summed E-state index contributed by atoms with van der Waals surface area (Å²) < 4.78 is 7.78. The molecular weight excluding hydrogens is 420 g/mol. The molecule has 1 aromatic carbocycles. The van der Waals surface area contributed by atoms with E-state index >= 15 is 0 Å². The zero-order valence-corrected chi connectivity index (χ0v) is 20.8. The highest BCUT2D eigenvalue weighted by Crippen LogP contribution is 2.49. The largest absolute Gasteiger partial charge is 0.465 e. The van der Waals surface area contributed by atoms with Crippen molar-refractivity contribution in [2.45, 2.75) is 75.8 Å². The van der Waals surface area contributed by atoms with Crippen molar-refractivity contribution in [2.24, 2.45) is 0 Å². The van der Waals surface area contributed by atoms with Crippen molar-refractivity contribution in [3.63, 3.8) is 0 Å². The maximum absolute atomic E-state index is 12.7. The van der Waals surface area contributed by atoms with Gasteiger partial charge in [0.2, 0.25) is 0 Å². The molecule has 3 aliphatic carbocycles. The molecule has 0 N–H and O–H groups in total. The molecule has 2 saturated carbocycles. The van der Waals surface area contributed by atoms with E-state index in [1.54, 1.807) is 0 Å². The van der Waals surface area contributed by atoms with Gasteiger partial charge in [-0.1, -0.05) is 49.1 Å². The summed E-state index contributed by atoms with van der Waals surface area (Å²) in [6.07, 6.45) is 14.2. The normalized spacial score (nSPS) is 24.9. The fraction of sp³-hybridized carbons (Fsp3) is 0.500. The standard InChI is InChI=1S/C30H36N2O2/c1-31(2)21-12-13-23-24-14-15-25(30(33)34-3)27(24)18-32-28(26(23)17-21)16-20-10-7-11-22(29(20)32)19-8-5-4-6-9-19/h7,10-11,14-16,19,21,26H,4-6,8-9,12-13,17-18H2,1-3H3. The van der Waals surface area contributed by atoms with Crippen LogP contribution < -0.4 is 0 Å². The Labute approximate surface area is 203 Å². The Bertz CT molecular complexity index is 1240. The van der Waals surface area contributed by atoms with Gasteiger partial charge in [0.25, 0.3) is 0 Å². The van der Waals surface area contributed by atoms with Crippen LogP contribution in [0.5, 0.6) is 0 Å². The van der Waals surface area contributed by atoms with Crippen LogP contribution in [-0.4, -0.2) is 42.7 Å². The van der Waals surface area contributed by atoms with Crippen LogP contribution >= 0.6 is 0 Å². The van der Waals surface area contributed by atoms with Crippen molar-refractivity contribution < 1.29 is 9.53 Å². The van der Waals surface area contributed by atoms with Crippen molar-refractivity contribution >= 4 is 16.9 Å². The van der Waals surface area contributed by atoms with E-state index in [2.05, 4.69) is 53.9 Å². The van der Waals surface area contributed by atoms with Crippen molar-refractivity contribution in [1.29, 1.82) is 0 Å². The SMILES string of the molecule is COC(=O)C1=C2Cn3c(cc4cccc(C5CCCCC5)c43)C3CC(N(C)C)CCC3=C2C=C1. The van der Waals surface area contributed by atoms with Crippen molar-refractivity contribution in [2.75, 3.05) is 21.2 Å². The van der Waals surface area contributed by atoms with Crippen LogP contribution in [0.3, 0.4) is 0 Å². The Kier molecular flexibility index (Phi) is 5.52. The number of ether oxygens (including phenoxy) is 1. The third-order valence-corrected chi connectivity index (χ3v) is 8.93. The number of hydrogen-bond donors (Lipinski definition) is 0. The number of carbonyl (C=O) groups is 1. The lowest BCUT2D eigenvalue weighted by Crippen LogP contribution is -2.33. The Morgan fingerprint density at radius 3 is 2.68 bits per heavy atom. The van der Waals surface area contributed by atoms with E-state index in [1.165, 1.54) is 78.9 Å². The second-order valence-corrected chi connectivity index (χ2v) is 10.9. The number of carbonyl (C=O) groups excluding carboxylic acids is 1. The van der Waals surface area contributed by atoms with Gasteiger partial charge in [0.05, 0.1) is 18.2 Å². The number of hydrogen-bond acceptors (Lipinski definition) is 3. The molecule has 4 heteroatoms. The highest BCUT2D eigenvalue weighted by molar-refractivity contribution is 5.96. The van der Waals surface area contributed by atoms with Crippen LogP contribution in [0.2, 0.25) is 0 Å². The minimum Gasteiger partial charge on any atom is -0.465 e. The maximum atomic E-state index is 12.7. The van der Waals surface area contributed by atoms with E-state index in [0.29, 0.717) is 17.9 Å². The van der Waals surface area contributed by atoms with Crippen LogP contribution in [0.1, 0.15) is 74.5 Å². The predicted octanol–water partition coefficient (Wildman–Crippen LogP) is 6.24.